The molecular formula is C21H22N2O4. The van der Waals surface area contributed by atoms with E-state index in [2.05, 4.69) is 10.6 Å². The zero-order valence-electron chi connectivity index (χ0n) is 15.1. The van der Waals surface area contributed by atoms with Crippen molar-refractivity contribution in [1.29, 1.82) is 0 Å². The van der Waals surface area contributed by atoms with Crippen molar-refractivity contribution >= 4 is 23.9 Å². The van der Waals surface area contributed by atoms with Gasteiger partial charge in [-0.15, -0.1) is 0 Å². The number of hydrogen-bond acceptors (Lipinski definition) is 4. The zero-order chi connectivity index (χ0) is 19.5. The fourth-order valence-corrected chi connectivity index (χ4v) is 2.16. The highest BCUT2D eigenvalue weighted by atomic mass is 16.5. The molecule has 6 nitrogen and oxygen atoms in total. The molecule has 2 amide bonds. The SMILES string of the molecule is CC(NC(=O)C=Cc1ccccc1)C(=O)NCC(=O)OCc1ccccc1. The molecule has 27 heavy (non-hydrogen) atoms. The van der Waals surface area contributed by atoms with Crippen LogP contribution in [0.15, 0.2) is 66.7 Å². The summed E-state index contributed by atoms with van der Waals surface area (Å²) in [7, 11) is 0. The molecule has 0 heterocycles. The molecular weight excluding hydrogens is 344 g/mol. The van der Waals surface area contributed by atoms with Crippen LogP contribution in [0.2, 0.25) is 0 Å². The highest BCUT2D eigenvalue weighted by Crippen LogP contribution is 2.01. The van der Waals surface area contributed by atoms with Gasteiger partial charge in [-0.25, -0.2) is 0 Å². The molecule has 0 aromatic heterocycles. The Balaban J connectivity index is 1.69. The molecule has 0 radical (unpaired) electrons. The normalized spacial score (nSPS) is 11.6. The van der Waals surface area contributed by atoms with Crippen molar-refractivity contribution in [2.45, 2.75) is 19.6 Å². The van der Waals surface area contributed by atoms with E-state index in [-0.39, 0.29) is 13.2 Å². The van der Waals surface area contributed by atoms with Crippen molar-refractivity contribution in [2.75, 3.05) is 6.54 Å². The van der Waals surface area contributed by atoms with Gasteiger partial charge in [0.2, 0.25) is 11.8 Å². The molecule has 6 heteroatoms. The molecule has 0 aliphatic carbocycles. The standard InChI is InChI=1S/C21H22N2O4/c1-16(23-19(24)13-12-17-8-4-2-5-9-17)21(26)22-14-20(25)27-15-18-10-6-3-7-11-18/h2-13,16H,14-15H2,1H3,(H,22,26)(H,23,24). The lowest BCUT2D eigenvalue weighted by Crippen LogP contribution is -2.45. The van der Waals surface area contributed by atoms with Gasteiger partial charge >= 0.3 is 5.97 Å². The minimum Gasteiger partial charge on any atom is -0.460 e. The van der Waals surface area contributed by atoms with Crippen LogP contribution in [0.25, 0.3) is 6.08 Å². The van der Waals surface area contributed by atoms with Gasteiger partial charge in [-0.1, -0.05) is 60.7 Å². The summed E-state index contributed by atoms with van der Waals surface area (Å²) >= 11 is 0. The molecule has 0 spiro atoms. The first-order valence-electron chi connectivity index (χ1n) is 8.55. The number of amides is 2. The highest BCUT2D eigenvalue weighted by molar-refractivity contribution is 5.95. The summed E-state index contributed by atoms with van der Waals surface area (Å²) in [5, 5.41) is 4.99. The average molecular weight is 366 g/mol. The Morgan fingerprint density at radius 3 is 2.30 bits per heavy atom. The summed E-state index contributed by atoms with van der Waals surface area (Å²) in [6.07, 6.45) is 3.01. The number of hydrogen-bond donors (Lipinski definition) is 2. The summed E-state index contributed by atoms with van der Waals surface area (Å²) in [6, 6.07) is 17.8. The van der Waals surface area contributed by atoms with E-state index in [4.69, 9.17) is 4.74 Å². The van der Waals surface area contributed by atoms with E-state index >= 15 is 0 Å². The molecule has 1 atom stereocenters. The van der Waals surface area contributed by atoms with E-state index in [9.17, 15) is 14.4 Å². The van der Waals surface area contributed by atoms with Crippen molar-refractivity contribution in [1.82, 2.24) is 10.6 Å². The summed E-state index contributed by atoms with van der Waals surface area (Å²) in [6.45, 7) is 1.43. The average Bonchev–Trinajstić information content (AvgIpc) is 2.70. The smallest absolute Gasteiger partial charge is 0.325 e. The highest BCUT2D eigenvalue weighted by Gasteiger charge is 2.15. The van der Waals surface area contributed by atoms with E-state index in [1.807, 2.05) is 60.7 Å². The molecule has 0 saturated carbocycles. The van der Waals surface area contributed by atoms with Gasteiger partial charge in [0.15, 0.2) is 0 Å². The lowest BCUT2D eigenvalue weighted by molar-refractivity contribution is -0.145. The summed E-state index contributed by atoms with van der Waals surface area (Å²) in [4.78, 5) is 35.5. The maximum Gasteiger partial charge on any atom is 0.325 e. The van der Waals surface area contributed by atoms with Crippen molar-refractivity contribution in [3.8, 4) is 0 Å². The first kappa shape index (κ1) is 19.9. The van der Waals surface area contributed by atoms with E-state index < -0.39 is 23.8 Å². The Hall–Kier alpha value is -3.41. The van der Waals surface area contributed by atoms with Gasteiger partial charge in [0, 0.05) is 6.08 Å². The summed E-state index contributed by atoms with van der Waals surface area (Å²) in [5.41, 5.74) is 1.74. The number of rotatable bonds is 8. The van der Waals surface area contributed by atoms with Crippen LogP contribution < -0.4 is 10.6 Å². The number of benzene rings is 2. The Labute approximate surface area is 158 Å². The van der Waals surface area contributed by atoms with Gasteiger partial charge in [-0.2, -0.15) is 0 Å². The Morgan fingerprint density at radius 2 is 1.63 bits per heavy atom. The number of nitrogens with one attached hydrogen (secondary N) is 2. The third-order valence-electron chi connectivity index (χ3n) is 3.63. The van der Waals surface area contributed by atoms with Crippen LogP contribution in [0.4, 0.5) is 0 Å². The lowest BCUT2D eigenvalue weighted by Gasteiger charge is -2.12. The van der Waals surface area contributed by atoms with Crippen molar-refractivity contribution < 1.29 is 19.1 Å². The van der Waals surface area contributed by atoms with Gasteiger partial charge in [-0.3, -0.25) is 14.4 Å². The zero-order valence-corrected chi connectivity index (χ0v) is 15.1. The molecule has 2 aromatic carbocycles. The van der Waals surface area contributed by atoms with E-state index in [0.717, 1.165) is 11.1 Å². The second-order valence-corrected chi connectivity index (χ2v) is 5.84. The van der Waals surface area contributed by atoms with Crippen LogP contribution in [-0.2, 0) is 25.7 Å². The van der Waals surface area contributed by atoms with Gasteiger partial charge in [0.25, 0.3) is 0 Å². The topological polar surface area (TPSA) is 84.5 Å². The monoisotopic (exact) mass is 366 g/mol. The van der Waals surface area contributed by atoms with Gasteiger partial charge in [0.1, 0.15) is 19.2 Å². The fourth-order valence-electron chi connectivity index (χ4n) is 2.16. The van der Waals surface area contributed by atoms with Gasteiger partial charge < -0.3 is 15.4 Å². The van der Waals surface area contributed by atoms with Crippen LogP contribution in [0.3, 0.4) is 0 Å². The minimum atomic E-state index is -0.778. The maximum absolute atomic E-state index is 12.0. The Kier molecular flexibility index (Phi) is 7.78. The Morgan fingerprint density at radius 1 is 1.00 bits per heavy atom. The van der Waals surface area contributed by atoms with Crippen molar-refractivity contribution in [3.05, 3.63) is 77.9 Å². The lowest BCUT2D eigenvalue weighted by atomic mass is 10.2. The van der Waals surface area contributed by atoms with Crippen molar-refractivity contribution in [3.63, 3.8) is 0 Å². The molecule has 0 aliphatic rings. The largest absolute Gasteiger partial charge is 0.460 e. The number of esters is 1. The predicted octanol–water partition coefficient (Wildman–Crippen LogP) is 2.06. The second kappa shape index (κ2) is 10.6. The minimum absolute atomic E-state index is 0.145. The molecule has 0 bridgehead atoms. The second-order valence-electron chi connectivity index (χ2n) is 5.84. The number of carbonyl (C=O) groups is 3. The molecule has 0 fully saturated rings. The number of carbonyl (C=O) groups excluding carboxylic acids is 3. The van der Waals surface area contributed by atoms with Crippen LogP contribution in [-0.4, -0.2) is 30.4 Å². The predicted molar refractivity (Wildman–Crippen MR) is 102 cm³/mol. The third kappa shape index (κ3) is 7.56. The first-order valence-corrected chi connectivity index (χ1v) is 8.55. The van der Waals surface area contributed by atoms with E-state index in [0.29, 0.717) is 0 Å². The van der Waals surface area contributed by atoms with Crippen LogP contribution in [0.1, 0.15) is 18.1 Å². The first-order chi connectivity index (χ1) is 13.0. The summed E-state index contributed by atoms with van der Waals surface area (Å²) in [5.74, 6) is -1.41. The summed E-state index contributed by atoms with van der Waals surface area (Å²) < 4.78 is 5.07. The molecule has 2 N–H and O–H groups in total. The third-order valence-corrected chi connectivity index (χ3v) is 3.63. The van der Waals surface area contributed by atoms with Crippen LogP contribution >= 0.6 is 0 Å². The molecule has 2 rings (SSSR count). The molecule has 1 unspecified atom stereocenters. The van der Waals surface area contributed by atoms with Crippen LogP contribution in [0, 0.1) is 0 Å². The van der Waals surface area contributed by atoms with E-state index in [1.165, 1.54) is 6.08 Å². The molecule has 0 aliphatic heterocycles. The molecule has 140 valence electrons. The molecule has 2 aromatic rings. The Bertz CT molecular complexity index is 788. The van der Waals surface area contributed by atoms with Gasteiger partial charge in [-0.05, 0) is 24.1 Å². The van der Waals surface area contributed by atoms with Crippen LogP contribution in [0.5, 0.6) is 0 Å². The molecule has 0 saturated heterocycles. The van der Waals surface area contributed by atoms with Crippen molar-refractivity contribution in [2.24, 2.45) is 0 Å². The number of ether oxygens (including phenoxy) is 1. The quantitative estimate of drug-likeness (QED) is 0.553. The maximum atomic E-state index is 12.0. The van der Waals surface area contributed by atoms with E-state index in [1.54, 1.807) is 13.0 Å². The van der Waals surface area contributed by atoms with Gasteiger partial charge in [0.05, 0.1) is 0 Å². The fraction of sp³-hybridized carbons (Fsp3) is 0.190.